The molecule has 1 aromatic heterocycles. The third-order valence-corrected chi connectivity index (χ3v) is 2.86. The molecule has 1 rings (SSSR count). The number of aromatic nitrogens is 3. The molecule has 136 valence electrons. The van der Waals surface area contributed by atoms with Crippen molar-refractivity contribution in [2.45, 2.75) is 26.1 Å². The monoisotopic (exact) mass is 350 g/mol. The minimum atomic E-state index is -0.562. The molecule has 2 unspecified atom stereocenters. The van der Waals surface area contributed by atoms with Crippen LogP contribution in [-0.4, -0.2) is 52.2 Å². The highest BCUT2D eigenvalue weighted by Crippen LogP contribution is 2.13. The van der Waals surface area contributed by atoms with Gasteiger partial charge in [0.1, 0.15) is 12.2 Å². The van der Waals surface area contributed by atoms with E-state index in [9.17, 15) is 9.59 Å². The highest BCUT2D eigenvalue weighted by atomic mass is 16.5. The van der Waals surface area contributed by atoms with E-state index in [0.29, 0.717) is 0 Å². The summed E-state index contributed by atoms with van der Waals surface area (Å²) in [7, 11) is 0. The van der Waals surface area contributed by atoms with E-state index < -0.39 is 24.1 Å². The Bertz CT molecular complexity index is 601. The first-order valence-electron chi connectivity index (χ1n) is 7.43. The number of carbonyl (C=O) groups excluding carboxylic acids is 2. The number of hydrogen-bond acceptors (Lipinski definition) is 10. The summed E-state index contributed by atoms with van der Waals surface area (Å²) in [6.45, 7) is 10.5. The fourth-order valence-electron chi connectivity index (χ4n) is 1.96. The zero-order chi connectivity index (χ0) is 19.0. The lowest BCUT2D eigenvalue weighted by Crippen LogP contribution is -2.40. The van der Waals surface area contributed by atoms with Gasteiger partial charge in [-0.3, -0.25) is 0 Å². The Morgan fingerprint density at radius 2 is 1.40 bits per heavy atom. The number of anilines is 3. The molecule has 0 aliphatic heterocycles. The Morgan fingerprint density at radius 1 is 1.00 bits per heavy atom. The van der Waals surface area contributed by atoms with Crippen molar-refractivity contribution in [1.29, 1.82) is 0 Å². The SMILES string of the molecule is C=CC(=O)OC(C)CN(CC(C)OC(=O)C=C)c1nc(N)nc(N)n1. The molecule has 0 radical (unpaired) electrons. The molecule has 10 nitrogen and oxygen atoms in total. The maximum atomic E-state index is 11.3. The molecule has 0 aromatic carbocycles. The van der Waals surface area contributed by atoms with Crippen molar-refractivity contribution in [3.63, 3.8) is 0 Å². The zero-order valence-corrected chi connectivity index (χ0v) is 14.2. The summed E-state index contributed by atoms with van der Waals surface area (Å²) < 4.78 is 10.3. The molecule has 1 heterocycles. The molecule has 10 heteroatoms. The summed E-state index contributed by atoms with van der Waals surface area (Å²) in [5.41, 5.74) is 11.2. The normalized spacial score (nSPS) is 12.6. The van der Waals surface area contributed by atoms with Gasteiger partial charge in [-0.1, -0.05) is 13.2 Å². The predicted molar refractivity (Wildman–Crippen MR) is 92.4 cm³/mol. The number of ether oxygens (including phenoxy) is 2. The first kappa shape index (κ1) is 19.9. The summed E-state index contributed by atoms with van der Waals surface area (Å²) in [5.74, 6) is -1.06. The Kier molecular flexibility index (Phi) is 7.32. The Morgan fingerprint density at radius 3 is 1.76 bits per heavy atom. The van der Waals surface area contributed by atoms with Gasteiger partial charge in [0, 0.05) is 12.2 Å². The highest BCUT2D eigenvalue weighted by Gasteiger charge is 2.21. The molecule has 0 aliphatic rings. The maximum Gasteiger partial charge on any atom is 0.330 e. The second-order valence-electron chi connectivity index (χ2n) is 5.16. The maximum absolute atomic E-state index is 11.3. The lowest BCUT2D eigenvalue weighted by molar-refractivity contribution is -0.141. The topological polar surface area (TPSA) is 147 Å². The second kappa shape index (κ2) is 9.21. The minimum Gasteiger partial charge on any atom is -0.458 e. The van der Waals surface area contributed by atoms with Crippen LogP contribution < -0.4 is 16.4 Å². The van der Waals surface area contributed by atoms with E-state index in [-0.39, 0.29) is 30.9 Å². The molecule has 0 spiro atoms. The predicted octanol–water partition coefficient (Wildman–Crippen LogP) is 0.0778. The summed E-state index contributed by atoms with van der Waals surface area (Å²) in [4.78, 5) is 36.0. The lowest BCUT2D eigenvalue weighted by atomic mass is 10.3. The molecule has 0 amide bonds. The van der Waals surface area contributed by atoms with Crippen LogP contribution in [0.25, 0.3) is 0 Å². The average molecular weight is 350 g/mol. The van der Waals surface area contributed by atoms with E-state index in [0.717, 1.165) is 12.2 Å². The van der Waals surface area contributed by atoms with Crippen LogP contribution in [-0.2, 0) is 19.1 Å². The van der Waals surface area contributed by atoms with E-state index in [2.05, 4.69) is 28.1 Å². The van der Waals surface area contributed by atoms with E-state index in [1.54, 1.807) is 18.7 Å². The summed E-state index contributed by atoms with van der Waals surface area (Å²) in [6.07, 6.45) is 1.08. The molecular weight excluding hydrogens is 328 g/mol. The summed E-state index contributed by atoms with van der Waals surface area (Å²) in [6, 6.07) is 0. The number of esters is 2. The van der Waals surface area contributed by atoms with Crippen LogP contribution in [0.15, 0.2) is 25.3 Å². The third kappa shape index (κ3) is 6.85. The standard InChI is InChI=1S/C15H22N6O4/c1-5-11(22)24-9(3)7-21(8-10(4)25-12(23)6-2)15-19-13(16)18-14(17)20-15/h5-6,9-10H,1-2,7-8H2,3-4H3,(H4,16,17,18,19,20). The fraction of sp³-hybridized carbons (Fsp3) is 0.400. The van der Waals surface area contributed by atoms with Gasteiger partial charge >= 0.3 is 11.9 Å². The number of nitrogen functional groups attached to an aromatic ring is 2. The van der Waals surface area contributed by atoms with Crippen LogP contribution in [0, 0.1) is 0 Å². The van der Waals surface area contributed by atoms with Gasteiger partial charge in [0.05, 0.1) is 13.1 Å². The molecule has 0 aliphatic carbocycles. The molecule has 0 saturated heterocycles. The van der Waals surface area contributed by atoms with Crippen LogP contribution >= 0.6 is 0 Å². The minimum absolute atomic E-state index is 0.0565. The first-order valence-corrected chi connectivity index (χ1v) is 7.43. The van der Waals surface area contributed by atoms with Crippen molar-refractivity contribution >= 4 is 29.8 Å². The van der Waals surface area contributed by atoms with E-state index in [1.807, 2.05) is 0 Å². The molecule has 1 aromatic rings. The van der Waals surface area contributed by atoms with Crippen LogP contribution in [0.3, 0.4) is 0 Å². The van der Waals surface area contributed by atoms with Crippen LogP contribution in [0.4, 0.5) is 17.8 Å². The zero-order valence-electron chi connectivity index (χ0n) is 14.2. The average Bonchev–Trinajstić information content (AvgIpc) is 2.52. The van der Waals surface area contributed by atoms with Gasteiger partial charge in [0.25, 0.3) is 0 Å². The van der Waals surface area contributed by atoms with Gasteiger partial charge in [-0.25, -0.2) is 9.59 Å². The third-order valence-electron chi connectivity index (χ3n) is 2.86. The number of carbonyl (C=O) groups is 2. The van der Waals surface area contributed by atoms with Gasteiger partial charge in [0.2, 0.25) is 17.8 Å². The first-order chi connectivity index (χ1) is 11.7. The smallest absolute Gasteiger partial charge is 0.330 e. The number of nitrogens with zero attached hydrogens (tertiary/aromatic N) is 4. The number of nitrogens with two attached hydrogens (primary N) is 2. The molecule has 25 heavy (non-hydrogen) atoms. The van der Waals surface area contributed by atoms with Crippen LogP contribution in [0.5, 0.6) is 0 Å². The Hall–Kier alpha value is -3.17. The molecule has 4 N–H and O–H groups in total. The van der Waals surface area contributed by atoms with Crippen LogP contribution in [0.2, 0.25) is 0 Å². The van der Waals surface area contributed by atoms with Gasteiger partial charge in [-0.2, -0.15) is 15.0 Å². The van der Waals surface area contributed by atoms with Crippen molar-refractivity contribution in [3.8, 4) is 0 Å². The van der Waals surface area contributed by atoms with Gasteiger partial charge < -0.3 is 25.8 Å². The number of hydrogen-bond donors (Lipinski definition) is 2. The molecular formula is C15H22N6O4. The van der Waals surface area contributed by atoms with Crippen molar-refractivity contribution in [1.82, 2.24) is 15.0 Å². The van der Waals surface area contributed by atoms with E-state index in [4.69, 9.17) is 20.9 Å². The molecule has 2 atom stereocenters. The quantitative estimate of drug-likeness (QED) is 0.463. The van der Waals surface area contributed by atoms with Gasteiger partial charge in [-0.05, 0) is 13.8 Å². The second-order valence-corrected chi connectivity index (χ2v) is 5.16. The van der Waals surface area contributed by atoms with Crippen LogP contribution in [0.1, 0.15) is 13.8 Å². The Balaban J connectivity index is 2.96. The van der Waals surface area contributed by atoms with Crippen molar-refractivity contribution in [3.05, 3.63) is 25.3 Å². The fourth-order valence-corrected chi connectivity index (χ4v) is 1.96. The molecule has 0 fully saturated rings. The summed E-state index contributed by atoms with van der Waals surface area (Å²) >= 11 is 0. The summed E-state index contributed by atoms with van der Waals surface area (Å²) in [5, 5.41) is 0. The number of rotatable bonds is 9. The van der Waals surface area contributed by atoms with E-state index in [1.165, 1.54) is 0 Å². The largest absolute Gasteiger partial charge is 0.458 e. The Labute approximate surface area is 145 Å². The molecule has 0 saturated carbocycles. The highest BCUT2D eigenvalue weighted by molar-refractivity contribution is 5.81. The lowest BCUT2D eigenvalue weighted by Gasteiger charge is -2.28. The molecule has 0 bridgehead atoms. The van der Waals surface area contributed by atoms with Crippen molar-refractivity contribution in [2.24, 2.45) is 0 Å². The van der Waals surface area contributed by atoms with Crippen molar-refractivity contribution in [2.75, 3.05) is 29.5 Å². The van der Waals surface area contributed by atoms with Gasteiger partial charge in [0.15, 0.2) is 0 Å². The van der Waals surface area contributed by atoms with E-state index >= 15 is 0 Å². The van der Waals surface area contributed by atoms with Crippen molar-refractivity contribution < 1.29 is 19.1 Å². The van der Waals surface area contributed by atoms with Gasteiger partial charge in [-0.15, -0.1) is 0 Å².